The Balaban J connectivity index is 1.35. The van der Waals surface area contributed by atoms with E-state index in [0.717, 1.165) is 36.0 Å². The Morgan fingerprint density at radius 3 is 3.06 bits per heavy atom. The van der Waals surface area contributed by atoms with E-state index in [-0.39, 0.29) is 5.97 Å². The molecule has 18 heavy (non-hydrogen) atoms. The SMILES string of the molecule is C=CC(=O)OCCC1CC2CC1C1C2CC2OC21. The van der Waals surface area contributed by atoms with Crippen LogP contribution in [0.5, 0.6) is 0 Å². The summed E-state index contributed by atoms with van der Waals surface area (Å²) >= 11 is 0. The molecule has 0 amide bonds. The zero-order chi connectivity index (χ0) is 12.3. The molecule has 7 atom stereocenters. The molecule has 4 aliphatic rings. The van der Waals surface area contributed by atoms with Crippen LogP contribution in [0.2, 0.25) is 0 Å². The third-order valence-electron chi connectivity index (χ3n) is 5.79. The van der Waals surface area contributed by atoms with Crippen molar-refractivity contribution in [2.45, 2.75) is 37.9 Å². The van der Waals surface area contributed by atoms with E-state index in [1.54, 1.807) is 0 Å². The summed E-state index contributed by atoms with van der Waals surface area (Å²) in [6, 6.07) is 0. The van der Waals surface area contributed by atoms with Crippen molar-refractivity contribution in [3.05, 3.63) is 12.7 Å². The van der Waals surface area contributed by atoms with Crippen LogP contribution >= 0.6 is 0 Å². The van der Waals surface area contributed by atoms with Gasteiger partial charge in [-0.25, -0.2) is 4.79 Å². The Hall–Kier alpha value is -0.830. The molecule has 0 N–H and O–H groups in total. The van der Waals surface area contributed by atoms with Gasteiger partial charge in [-0.3, -0.25) is 0 Å². The molecule has 3 saturated carbocycles. The van der Waals surface area contributed by atoms with Crippen LogP contribution in [0, 0.1) is 29.6 Å². The minimum absolute atomic E-state index is 0.289. The number of ether oxygens (including phenoxy) is 2. The van der Waals surface area contributed by atoms with Crippen molar-refractivity contribution >= 4 is 5.97 Å². The van der Waals surface area contributed by atoms with Crippen molar-refractivity contribution in [1.82, 2.24) is 0 Å². The lowest BCUT2D eigenvalue weighted by molar-refractivity contribution is -0.138. The van der Waals surface area contributed by atoms with E-state index >= 15 is 0 Å². The van der Waals surface area contributed by atoms with Crippen LogP contribution in [0.15, 0.2) is 12.7 Å². The number of carbonyl (C=O) groups is 1. The number of epoxide rings is 1. The van der Waals surface area contributed by atoms with Gasteiger partial charge in [-0.1, -0.05) is 6.58 Å². The first-order valence-corrected chi connectivity index (χ1v) is 7.22. The molecule has 7 unspecified atom stereocenters. The molecule has 3 aliphatic carbocycles. The fourth-order valence-electron chi connectivity index (χ4n) is 5.15. The lowest BCUT2D eigenvalue weighted by Gasteiger charge is -2.32. The van der Waals surface area contributed by atoms with Gasteiger partial charge >= 0.3 is 5.97 Å². The number of hydrogen-bond donors (Lipinski definition) is 0. The van der Waals surface area contributed by atoms with Crippen molar-refractivity contribution in [3.8, 4) is 0 Å². The Bertz CT molecular complexity index is 391. The van der Waals surface area contributed by atoms with E-state index in [1.165, 1.54) is 25.3 Å². The lowest BCUT2D eigenvalue weighted by Crippen LogP contribution is -2.29. The predicted octanol–water partition coefficient (Wildman–Crippen LogP) is 2.17. The van der Waals surface area contributed by atoms with Crippen molar-refractivity contribution in [2.24, 2.45) is 29.6 Å². The van der Waals surface area contributed by atoms with Gasteiger partial charge in [-0.15, -0.1) is 0 Å². The molecular weight excluding hydrogens is 228 g/mol. The molecule has 1 aliphatic heterocycles. The van der Waals surface area contributed by atoms with E-state index < -0.39 is 0 Å². The number of carbonyl (C=O) groups excluding carboxylic acids is 1. The number of rotatable bonds is 4. The second kappa shape index (κ2) is 3.83. The van der Waals surface area contributed by atoms with Gasteiger partial charge in [-0.05, 0) is 55.3 Å². The van der Waals surface area contributed by atoms with E-state index in [9.17, 15) is 4.79 Å². The quantitative estimate of drug-likeness (QED) is 0.435. The molecule has 1 saturated heterocycles. The molecule has 3 heteroatoms. The molecule has 98 valence electrons. The van der Waals surface area contributed by atoms with Crippen LogP contribution in [0.25, 0.3) is 0 Å². The number of fused-ring (bicyclic) bond motifs is 7. The Labute approximate surface area is 108 Å². The monoisotopic (exact) mass is 248 g/mol. The molecule has 0 aromatic carbocycles. The Morgan fingerprint density at radius 1 is 1.33 bits per heavy atom. The molecule has 4 rings (SSSR count). The fourth-order valence-corrected chi connectivity index (χ4v) is 5.15. The zero-order valence-electron chi connectivity index (χ0n) is 10.6. The first kappa shape index (κ1) is 11.0. The maximum absolute atomic E-state index is 11.0. The standard InChI is InChI=1S/C15H20O3/c1-2-13(16)17-4-3-8-5-9-6-10(8)14-11(9)7-12-15(14)18-12/h2,8-12,14-15H,1,3-7H2. The van der Waals surface area contributed by atoms with Crippen LogP contribution < -0.4 is 0 Å². The molecule has 3 nitrogen and oxygen atoms in total. The highest BCUT2D eigenvalue weighted by molar-refractivity contribution is 5.81. The van der Waals surface area contributed by atoms with Crippen LogP contribution in [0.4, 0.5) is 0 Å². The summed E-state index contributed by atoms with van der Waals surface area (Å²) in [4.78, 5) is 11.0. The first-order chi connectivity index (χ1) is 8.78. The molecular formula is C15H20O3. The van der Waals surface area contributed by atoms with Crippen LogP contribution in [-0.2, 0) is 14.3 Å². The summed E-state index contributed by atoms with van der Waals surface area (Å²) in [6.45, 7) is 3.98. The molecule has 1 heterocycles. The topological polar surface area (TPSA) is 38.8 Å². The number of hydrogen-bond acceptors (Lipinski definition) is 3. The van der Waals surface area contributed by atoms with Crippen LogP contribution in [0.3, 0.4) is 0 Å². The van der Waals surface area contributed by atoms with Gasteiger partial charge in [0.05, 0.1) is 18.8 Å². The van der Waals surface area contributed by atoms with Gasteiger partial charge in [0.15, 0.2) is 0 Å². The summed E-state index contributed by atoms with van der Waals surface area (Å²) < 4.78 is 10.9. The summed E-state index contributed by atoms with van der Waals surface area (Å²) in [7, 11) is 0. The molecule has 0 spiro atoms. The van der Waals surface area contributed by atoms with Crippen molar-refractivity contribution < 1.29 is 14.3 Å². The lowest BCUT2D eigenvalue weighted by atomic mass is 9.74. The maximum Gasteiger partial charge on any atom is 0.330 e. The summed E-state index contributed by atoms with van der Waals surface area (Å²) in [6.07, 6.45) is 7.58. The summed E-state index contributed by atoms with van der Waals surface area (Å²) in [5.74, 6) is 4.07. The molecule has 0 aromatic heterocycles. The molecule has 4 fully saturated rings. The molecule has 0 radical (unpaired) electrons. The highest BCUT2D eigenvalue weighted by Gasteiger charge is 2.66. The third kappa shape index (κ3) is 1.49. The highest BCUT2D eigenvalue weighted by atomic mass is 16.6. The highest BCUT2D eigenvalue weighted by Crippen LogP contribution is 2.66. The van der Waals surface area contributed by atoms with Gasteiger partial charge in [0, 0.05) is 6.08 Å². The largest absolute Gasteiger partial charge is 0.463 e. The van der Waals surface area contributed by atoms with Gasteiger partial charge in [-0.2, -0.15) is 0 Å². The minimum atomic E-state index is -0.289. The van der Waals surface area contributed by atoms with E-state index in [0.29, 0.717) is 18.8 Å². The smallest absolute Gasteiger partial charge is 0.330 e. The molecule has 0 aromatic rings. The zero-order valence-corrected chi connectivity index (χ0v) is 10.6. The van der Waals surface area contributed by atoms with Crippen molar-refractivity contribution in [2.75, 3.05) is 6.61 Å². The van der Waals surface area contributed by atoms with Gasteiger partial charge in [0.1, 0.15) is 0 Å². The average molecular weight is 248 g/mol. The number of esters is 1. The fraction of sp³-hybridized carbons (Fsp3) is 0.800. The normalized spacial score (nSPS) is 50.8. The predicted molar refractivity (Wildman–Crippen MR) is 65.7 cm³/mol. The second-order valence-electron chi connectivity index (χ2n) is 6.43. The Kier molecular flexibility index (Phi) is 2.35. The third-order valence-corrected chi connectivity index (χ3v) is 5.79. The Morgan fingerprint density at radius 2 is 2.22 bits per heavy atom. The van der Waals surface area contributed by atoms with Crippen molar-refractivity contribution in [1.29, 1.82) is 0 Å². The maximum atomic E-state index is 11.0. The van der Waals surface area contributed by atoms with E-state index in [2.05, 4.69) is 6.58 Å². The average Bonchev–Trinajstić information content (AvgIpc) is 2.76. The second-order valence-corrected chi connectivity index (χ2v) is 6.43. The summed E-state index contributed by atoms with van der Waals surface area (Å²) in [5.41, 5.74) is 0. The van der Waals surface area contributed by atoms with Gasteiger partial charge in [0.25, 0.3) is 0 Å². The van der Waals surface area contributed by atoms with Crippen LogP contribution in [-0.4, -0.2) is 24.8 Å². The van der Waals surface area contributed by atoms with Crippen LogP contribution in [0.1, 0.15) is 25.7 Å². The van der Waals surface area contributed by atoms with Crippen molar-refractivity contribution in [3.63, 3.8) is 0 Å². The van der Waals surface area contributed by atoms with E-state index in [1.807, 2.05) is 0 Å². The first-order valence-electron chi connectivity index (χ1n) is 7.22. The summed E-state index contributed by atoms with van der Waals surface area (Å²) in [5, 5.41) is 0. The molecule has 2 bridgehead atoms. The van der Waals surface area contributed by atoms with E-state index in [4.69, 9.17) is 9.47 Å². The van der Waals surface area contributed by atoms with Gasteiger partial charge in [0.2, 0.25) is 0 Å². The van der Waals surface area contributed by atoms with Gasteiger partial charge < -0.3 is 9.47 Å². The minimum Gasteiger partial charge on any atom is -0.463 e.